The van der Waals surface area contributed by atoms with E-state index in [1.54, 1.807) is 0 Å². The van der Waals surface area contributed by atoms with Crippen LogP contribution in [0.25, 0.3) is 0 Å². The molecule has 0 spiro atoms. The van der Waals surface area contributed by atoms with Crippen LogP contribution in [0.1, 0.15) is 6.92 Å². The predicted octanol–water partition coefficient (Wildman–Crippen LogP) is 7.34. The van der Waals surface area contributed by atoms with Gasteiger partial charge in [0.05, 0.1) is 0 Å². The molecular formula is C14H5F21O2. The third kappa shape index (κ3) is 4.42. The van der Waals surface area contributed by atoms with Crippen LogP contribution >= 0.6 is 0 Å². The molecule has 0 aliphatic heterocycles. The van der Waals surface area contributed by atoms with Crippen LogP contribution in [0.5, 0.6) is 0 Å². The molecule has 0 rings (SSSR count). The Balaban J connectivity index is 7.69. The van der Waals surface area contributed by atoms with Gasteiger partial charge in [-0.05, 0) is 6.92 Å². The minimum absolute atomic E-state index is 0.126. The van der Waals surface area contributed by atoms with Gasteiger partial charge < -0.3 is 4.74 Å². The van der Waals surface area contributed by atoms with E-state index in [9.17, 15) is 97.0 Å². The van der Waals surface area contributed by atoms with Crippen molar-refractivity contribution in [2.45, 2.75) is 66.6 Å². The van der Waals surface area contributed by atoms with Crippen molar-refractivity contribution >= 4 is 5.97 Å². The van der Waals surface area contributed by atoms with Gasteiger partial charge in [-0.2, -0.15) is 87.8 Å². The topological polar surface area (TPSA) is 26.3 Å². The SMILES string of the molecule is C=C(C)C(=O)OC(F)(F)C(F)(C(F)(F)C(F)(F)F)C(F)(F)C(F)(F)C(F)(F)C(F)(F)C(F)(F)C(F)(F)F. The first-order chi connectivity index (χ1) is 15.6. The van der Waals surface area contributed by atoms with Gasteiger partial charge in [-0.25, -0.2) is 9.18 Å². The van der Waals surface area contributed by atoms with Crippen molar-refractivity contribution < 1.29 is 102 Å². The lowest BCUT2D eigenvalue weighted by Crippen LogP contribution is -2.80. The van der Waals surface area contributed by atoms with Crippen molar-refractivity contribution in [2.75, 3.05) is 0 Å². The van der Waals surface area contributed by atoms with Gasteiger partial charge in [0.25, 0.3) is 0 Å². The zero-order valence-corrected chi connectivity index (χ0v) is 16.5. The van der Waals surface area contributed by atoms with Crippen molar-refractivity contribution in [1.29, 1.82) is 0 Å². The second kappa shape index (κ2) is 8.63. The molecule has 0 aromatic rings. The van der Waals surface area contributed by atoms with Crippen LogP contribution in [0, 0.1) is 0 Å². The summed E-state index contributed by atoms with van der Waals surface area (Å²) < 4.78 is 279. The molecule has 0 radical (unpaired) electrons. The van der Waals surface area contributed by atoms with Crippen molar-refractivity contribution in [3.05, 3.63) is 12.2 Å². The quantitative estimate of drug-likeness (QED) is 0.157. The molecule has 0 saturated carbocycles. The third-order valence-electron chi connectivity index (χ3n) is 4.13. The standard InChI is InChI=1S/C14H5F21O2/c1-3(2)4(36)37-14(34,35)5(15,7(18,19)12(28,29)30)6(16,17)8(20,21)9(22,23)10(24,25)11(26,27)13(31,32)33/h1H2,2H3. The van der Waals surface area contributed by atoms with Crippen LogP contribution in [0.15, 0.2) is 12.2 Å². The molecule has 0 aliphatic carbocycles. The maximum absolute atomic E-state index is 14.4. The van der Waals surface area contributed by atoms with E-state index in [2.05, 4.69) is 11.3 Å². The van der Waals surface area contributed by atoms with E-state index in [0.717, 1.165) is 0 Å². The number of carbonyl (C=O) groups is 1. The Morgan fingerprint density at radius 2 is 0.757 bits per heavy atom. The Morgan fingerprint density at radius 1 is 0.486 bits per heavy atom. The molecule has 0 heterocycles. The third-order valence-corrected chi connectivity index (χ3v) is 4.13. The van der Waals surface area contributed by atoms with Gasteiger partial charge in [0.2, 0.25) is 0 Å². The van der Waals surface area contributed by atoms with Crippen LogP contribution < -0.4 is 0 Å². The number of rotatable bonds is 9. The summed E-state index contributed by atoms with van der Waals surface area (Å²) >= 11 is 0. The minimum atomic E-state index is -9.42. The molecule has 0 bridgehead atoms. The minimum Gasteiger partial charge on any atom is -0.395 e. The zero-order valence-electron chi connectivity index (χ0n) is 16.5. The molecule has 0 aromatic heterocycles. The number of ether oxygens (including phenoxy) is 1. The zero-order chi connectivity index (χ0) is 30.9. The lowest BCUT2D eigenvalue weighted by Gasteiger charge is -2.47. The van der Waals surface area contributed by atoms with E-state index >= 15 is 0 Å². The highest BCUT2D eigenvalue weighted by molar-refractivity contribution is 5.87. The summed E-state index contributed by atoms with van der Waals surface area (Å²) in [6, 6.07) is 0. The highest BCUT2D eigenvalue weighted by Crippen LogP contribution is 2.67. The van der Waals surface area contributed by atoms with E-state index in [4.69, 9.17) is 0 Å². The molecule has 0 N–H and O–H groups in total. The molecule has 0 aromatic carbocycles. The number of halogens is 21. The van der Waals surface area contributed by atoms with E-state index in [-0.39, 0.29) is 6.92 Å². The van der Waals surface area contributed by atoms with Gasteiger partial charge in [0, 0.05) is 5.57 Å². The monoisotopic (exact) mass is 604 g/mol. The lowest BCUT2D eigenvalue weighted by molar-refractivity contribution is -0.490. The number of alkyl halides is 21. The highest BCUT2D eigenvalue weighted by atomic mass is 19.4. The molecule has 0 aliphatic rings. The smallest absolute Gasteiger partial charge is 0.395 e. The average molecular weight is 604 g/mol. The lowest BCUT2D eigenvalue weighted by atomic mass is 9.80. The molecule has 0 fully saturated rings. The summed E-state index contributed by atoms with van der Waals surface area (Å²) in [5, 5.41) is 0. The fourth-order valence-corrected chi connectivity index (χ4v) is 2.02. The molecule has 1 unspecified atom stereocenters. The van der Waals surface area contributed by atoms with Gasteiger partial charge in [0.1, 0.15) is 0 Å². The molecule has 2 nitrogen and oxygen atoms in total. The fraction of sp³-hybridized carbons (Fsp3) is 0.786. The molecular weight excluding hydrogens is 599 g/mol. The first-order valence-electron chi connectivity index (χ1n) is 7.93. The molecule has 37 heavy (non-hydrogen) atoms. The van der Waals surface area contributed by atoms with Crippen LogP contribution in [0.3, 0.4) is 0 Å². The van der Waals surface area contributed by atoms with E-state index in [0.29, 0.717) is 0 Å². The summed E-state index contributed by atoms with van der Waals surface area (Å²) in [5.41, 5.74) is -10.8. The summed E-state index contributed by atoms with van der Waals surface area (Å²) in [7, 11) is 0. The van der Waals surface area contributed by atoms with Crippen molar-refractivity contribution in [1.82, 2.24) is 0 Å². The predicted molar refractivity (Wildman–Crippen MR) is 71.5 cm³/mol. The summed E-state index contributed by atoms with van der Waals surface area (Å²) in [5.74, 6) is -57.7. The number of esters is 1. The molecule has 0 amide bonds. The van der Waals surface area contributed by atoms with Crippen molar-refractivity contribution in [2.24, 2.45) is 0 Å². The van der Waals surface area contributed by atoms with Gasteiger partial charge in [-0.15, -0.1) is 0 Å². The van der Waals surface area contributed by atoms with Crippen molar-refractivity contribution in [3.8, 4) is 0 Å². The summed E-state index contributed by atoms with van der Waals surface area (Å²) in [6.45, 7) is 2.41. The van der Waals surface area contributed by atoms with E-state index in [1.807, 2.05) is 0 Å². The van der Waals surface area contributed by atoms with E-state index < -0.39 is 71.2 Å². The Morgan fingerprint density at radius 3 is 1.03 bits per heavy atom. The second-order valence-electron chi connectivity index (χ2n) is 6.79. The molecule has 220 valence electrons. The molecule has 0 saturated heterocycles. The molecule has 23 heteroatoms. The Kier molecular flexibility index (Phi) is 8.10. The fourth-order valence-electron chi connectivity index (χ4n) is 2.02. The maximum Gasteiger partial charge on any atom is 0.460 e. The normalized spacial score (nSPS) is 17.4. The summed E-state index contributed by atoms with van der Waals surface area (Å²) in [6.07, 6.45) is -24.5. The van der Waals surface area contributed by atoms with E-state index in [1.165, 1.54) is 0 Å². The Bertz CT molecular complexity index is 894. The largest absolute Gasteiger partial charge is 0.460 e. The molecule has 1 atom stereocenters. The van der Waals surface area contributed by atoms with Crippen LogP contribution in [-0.2, 0) is 9.53 Å². The van der Waals surface area contributed by atoms with Gasteiger partial charge in [-0.1, -0.05) is 6.58 Å². The van der Waals surface area contributed by atoms with Crippen LogP contribution in [0.4, 0.5) is 92.2 Å². The van der Waals surface area contributed by atoms with Crippen molar-refractivity contribution in [3.63, 3.8) is 0 Å². The van der Waals surface area contributed by atoms with Crippen LogP contribution in [-0.4, -0.2) is 65.6 Å². The summed E-state index contributed by atoms with van der Waals surface area (Å²) in [4.78, 5) is 10.9. The van der Waals surface area contributed by atoms with Gasteiger partial charge in [0.15, 0.2) is 0 Å². The Hall–Kier alpha value is -2.26. The first-order valence-corrected chi connectivity index (χ1v) is 7.93. The first kappa shape index (κ1) is 34.7. The van der Waals surface area contributed by atoms with Gasteiger partial charge in [-0.3, -0.25) is 0 Å². The number of hydrogen-bond acceptors (Lipinski definition) is 2. The average Bonchev–Trinajstić information content (AvgIpc) is 2.63. The van der Waals surface area contributed by atoms with Gasteiger partial charge >= 0.3 is 65.6 Å². The second-order valence-corrected chi connectivity index (χ2v) is 6.79. The Labute approximate surface area is 188 Å². The number of hydrogen-bond donors (Lipinski definition) is 0. The highest BCUT2D eigenvalue weighted by Gasteiger charge is 3.00. The number of carbonyl (C=O) groups excluding carboxylic acids is 1. The van der Waals surface area contributed by atoms with Crippen LogP contribution in [0.2, 0.25) is 0 Å². The maximum atomic E-state index is 14.4.